The van der Waals surface area contributed by atoms with E-state index < -0.39 is 6.04 Å². The molecule has 2 aromatic carbocycles. The van der Waals surface area contributed by atoms with Crippen LogP contribution in [0.4, 0.5) is 4.39 Å². The molecule has 1 aliphatic heterocycles. The maximum atomic E-state index is 14.0. The summed E-state index contributed by atoms with van der Waals surface area (Å²) >= 11 is 3.36. The highest BCUT2D eigenvalue weighted by atomic mass is 79.9. The molecule has 110 valence electrons. The molecule has 0 radical (unpaired) electrons. The van der Waals surface area contributed by atoms with Gasteiger partial charge in [-0.2, -0.15) is 0 Å². The van der Waals surface area contributed by atoms with Crippen molar-refractivity contribution in [3.8, 4) is 5.75 Å². The summed E-state index contributed by atoms with van der Waals surface area (Å²) in [7, 11) is 0. The third-order valence-corrected chi connectivity index (χ3v) is 4.47. The Balaban J connectivity index is 2.03. The minimum absolute atomic E-state index is 0.0408. The second-order valence-electron chi connectivity index (χ2n) is 6.07. The molecule has 1 unspecified atom stereocenters. The molecule has 1 heterocycles. The zero-order chi connectivity index (χ0) is 15.2. The topological polar surface area (TPSA) is 35.2 Å². The summed E-state index contributed by atoms with van der Waals surface area (Å²) in [6, 6.07) is 10.2. The van der Waals surface area contributed by atoms with Crippen LogP contribution in [0.25, 0.3) is 0 Å². The van der Waals surface area contributed by atoms with Crippen LogP contribution in [0.2, 0.25) is 0 Å². The number of rotatable bonds is 2. The molecule has 2 nitrogen and oxygen atoms in total. The van der Waals surface area contributed by atoms with Crippen LogP contribution >= 0.6 is 15.9 Å². The van der Waals surface area contributed by atoms with Crippen molar-refractivity contribution in [2.24, 2.45) is 5.73 Å². The molecule has 2 N–H and O–H groups in total. The molecule has 1 aliphatic rings. The minimum atomic E-state index is -0.496. The van der Waals surface area contributed by atoms with Gasteiger partial charge in [0.1, 0.15) is 11.6 Å². The fourth-order valence-corrected chi connectivity index (χ4v) is 3.04. The molecule has 0 amide bonds. The summed E-state index contributed by atoms with van der Waals surface area (Å²) in [4.78, 5) is 0. The average molecular weight is 350 g/mol. The van der Waals surface area contributed by atoms with E-state index in [1.807, 2.05) is 18.2 Å². The smallest absolute Gasteiger partial charge is 0.128 e. The number of ether oxygens (including phenoxy) is 1. The van der Waals surface area contributed by atoms with E-state index in [9.17, 15) is 4.39 Å². The van der Waals surface area contributed by atoms with Crippen LogP contribution in [0.1, 0.15) is 36.6 Å². The number of hydrogen-bond acceptors (Lipinski definition) is 2. The van der Waals surface area contributed by atoms with Gasteiger partial charge in [0.25, 0.3) is 0 Å². The highest BCUT2D eigenvalue weighted by molar-refractivity contribution is 9.10. The first kappa shape index (κ1) is 14.5. The van der Waals surface area contributed by atoms with Crippen molar-refractivity contribution < 1.29 is 9.13 Å². The monoisotopic (exact) mass is 349 g/mol. The second kappa shape index (κ2) is 5.11. The molecular weight excluding hydrogens is 333 g/mol. The van der Waals surface area contributed by atoms with Crippen molar-refractivity contribution in [1.82, 2.24) is 0 Å². The Morgan fingerprint density at radius 3 is 2.76 bits per heavy atom. The van der Waals surface area contributed by atoms with E-state index in [-0.39, 0.29) is 11.2 Å². The SMILES string of the molecule is CC1(C)COc2ccc(C(N)c3cc(Br)ccc3F)cc21. The third-order valence-electron chi connectivity index (χ3n) is 3.97. The number of halogens is 2. The lowest BCUT2D eigenvalue weighted by molar-refractivity contribution is 0.291. The fraction of sp³-hybridized carbons (Fsp3) is 0.294. The van der Waals surface area contributed by atoms with Gasteiger partial charge in [-0.3, -0.25) is 0 Å². The molecule has 3 rings (SSSR count). The predicted octanol–water partition coefficient (Wildman–Crippen LogP) is 4.31. The van der Waals surface area contributed by atoms with Gasteiger partial charge in [-0.1, -0.05) is 35.8 Å². The van der Waals surface area contributed by atoms with Crippen molar-refractivity contribution in [2.75, 3.05) is 6.61 Å². The van der Waals surface area contributed by atoms with Crippen molar-refractivity contribution in [3.63, 3.8) is 0 Å². The van der Waals surface area contributed by atoms with Crippen molar-refractivity contribution in [2.45, 2.75) is 25.3 Å². The van der Waals surface area contributed by atoms with Gasteiger partial charge in [-0.15, -0.1) is 0 Å². The van der Waals surface area contributed by atoms with E-state index in [2.05, 4.69) is 29.8 Å². The zero-order valence-corrected chi connectivity index (χ0v) is 13.6. The molecule has 0 fully saturated rings. The summed E-state index contributed by atoms with van der Waals surface area (Å²) in [6.07, 6.45) is 0. The Bertz CT molecular complexity index is 699. The van der Waals surface area contributed by atoms with Gasteiger partial charge in [0, 0.05) is 21.0 Å². The summed E-state index contributed by atoms with van der Waals surface area (Å²) in [5.41, 5.74) is 8.74. The zero-order valence-electron chi connectivity index (χ0n) is 12.0. The van der Waals surface area contributed by atoms with E-state index in [1.165, 1.54) is 6.07 Å². The van der Waals surface area contributed by atoms with Crippen LogP contribution in [0.3, 0.4) is 0 Å². The maximum absolute atomic E-state index is 14.0. The van der Waals surface area contributed by atoms with Crippen molar-refractivity contribution in [1.29, 1.82) is 0 Å². The standard InChI is InChI=1S/C17H17BrFNO/c1-17(2)9-21-15-6-3-10(7-13(15)17)16(20)12-8-11(18)4-5-14(12)19/h3-8,16H,9,20H2,1-2H3. The number of fused-ring (bicyclic) bond motifs is 1. The minimum Gasteiger partial charge on any atom is -0.492 e. The molecule has 0 bridgehead atoms. The summed E-state index contributed by atoms with van der Waals surface area (Å²) in [5.74, 6) is 0.604. The van der Waals surface area contributed by atoms with E-state index in [4.69, 9.17) is 10.5 Å². The molecule has 0 spiro atoms. The van der Waals surface area contributed by atoms with Crippen LogP contribution in [0.5, 0.6) is 5.75 Å². The lowest BCUT2D eigenvalue weighted by Crippen LogP contribution is -2.19. The van der Waals surface area contributed by atoms with E-state index in [0.717, 1.165) is 21.3 Å². The molecule has 0 aliphatic carbocycles. The molecule has 2 aromatic rings. The van der Waals surface area contributed by atoms with Gasteiger partial charge < -0.3 is 10.5 Å². The van der Waals surface area contributed by atoms with E-state index in [1.54, 1.807) is 12.1 Å². The van der Waals surface area contributed by atoms with Crippen molar-refractivity contribution >= 4 is 15.9 Å². The first-order valence-electron chi connectivity index (χ1n) is 6.86. The molecule has 0 aromatic heterocycles. The van der Waals surface area contributed by atoms with Crippen LogP contribution in [0.15, 0.2) is 40.9 Å². The number of benzene rings is 2. The van der Waals surface area contributed by atoms with Gasteiger partial charge >= 0.3 is 0 Å². The Morgan fingerprint density at radius 2 is 2.00 bits per heavy atom. The van der Waals surface area contributed by atoms with Crippen LogP contribution in [-0.4, -0.2) is 6.61 Å². The molecule has 0 saturated heterocycles. The van der Waals surface area contributed by atoms with E-state index >= 15 is 0 Å². The summed E-state index contributed by atoms with van der Waals surface area (Å²) in [6.45, 7) is 4.92. The highest BCUT2D eigenvalue weighted by Crippen LogP contribution is 2.40. The predicted molar refractivity (Wildman–Crippen MR) is 85.1 cm³/mol. The van der Waals surface area contributed by atoms with Gasteiger partial charge in [0.15, 0.2) is 0 Å². The Kier molecular flexibility index (Phi) is 3.54. The van der Waals surface area contributed by atoms with Crippen LogP contribution < -0.4 is 10.5 Å². The van der Waals surface area contributed by atoms with E-state index in [0.29, 0.717) is 12.2 Å². The summed E-state index contributed by atoms with van der Waals surface area (Å²) in [5, 5.41) is 0. The third kappa shape index (κ3) is 2.58. The second-order valence-corrected chi connectivity index (χ2v) is 6.99. The van der Waals surface area contributed by atoms with Crippen LogP contribution in [0, 0.1) is 5.82 Å². The average Bonchev–Trinajstić information content (AvgIpc) is 2.76. The number of nitrogens with two attached hydrogens (primary N) is 1. The molecule has 21 heavy (non-hydrogen) atoms. The molecule has 1 atom stereocenters. The van der Waals surface area contributed by atoms with Gasteiger partial charge in [-0.25, -0.2) is 4.39 Å². The number of hydrogen-bond donors (Lipinski definition) is 1. The van der Waals surface area contributed by atoms with Gasteiger partial charge in [0.2, 0.25) is 0 Å². The quantitative estimate of drug-likeness (QED) is 0.876. The Labute approximate surface area is 132 Å². The Morgan fingerprint density at radius 1 is 1.24 bits per heavy atom. The molecule has 0 saturated carbocycles. The normalized spacial score (nSPS) is 17.2. The largest absolute Gasteiger partial charge is 0.492 e. The Hall–Kier alpha value is -1.39. The summed E-state index contributed by atoms with van der Waals surface area (Å²) < 4.78 is 20.5. The fourth-order valence-electron chi connectivity index (χ4n) is 2.66. The maximum Gasteiger partial charge on any atom is 0.128 e. The van der Waals surface area contributed by atoms with Crippen LogP contribution in [-0.2, 0) is 5.41 Å². The van der Waals surface area contributed by atoms with Gasteiger partial charge in [-0.05, 0) is 35.9 Å². The van der Waals surface area contributed by atoms with Crippen molar-refractivity contribution in [3.05, 3.63) is 63.4 Å². The lowest BCUT2D eigenvalue weighted by atomic mass is 9.85. The van der Waals surface area contributed by atoms with Gasteiger partial charge in [0.05, 0.1) is 12.6 Å². The first-order valence-corrected chi connectivity index (χ1v) is 7.65. The molecular formula is C17H17BrFNO. The lowest BCUT2D eigenvalue weighted by Gasteiger charge is -2.19. The molecule has 4 heteroatoms. The first-order chi connectivity index (χ1) is 9.88. The highest BCUT2D eigenvalue weighted by Gasteiger charge is 2.32.